The molecular weight excluding hydrogens is 338 g/mol. The standard InChI is InChI=1S/C19H22ClN3O2/c1-14-6-7-15(12-16(14)20)21-19(25)13-22-8-10-23(11-9-22)17-4-2-3-5-18(17)24/h2-7,12,24H,8-11,13H2,1H3,(H,21,25)/p+1. The van der Waals surface area contributed by atoms with Crippen LogP contribution in [0.4, 0.5) is 11.4 Å². The number of phenolic OH excluding ortho intramolecular Hbond substituents is 1. The number of hydrogen-bond acceptors (Lipinski definition) is 3. The molecule has 0 spiro atoms. The van der Waals surface area contributed by atoms with Crippen LogP contribution in [0.15, 0.2) is 42.5 Å². The second-order valence-electron chi connectivity index (χ2n) is 6.41. The molecule has 0 radical (unpaired) electrons. The van der Waals surface area contributed by atoms with E-state index in [1.54, 1.807) is 12.1 Å². The molecule has 1 fully saturated rings. The summed E-state index contributed by atoms with van der Waals surface area (Å²) in [6.45, 7) is 5.71. The van der Waals surface area contributed by atoms with Gasteiger partial charge in [0, 0.05) is 10.7 Å². The lowest BCUT2D eigenvalue weighted by Gasteiger charge is -2.33. The Hall–Kier alpha value is -2.24. The molecule has 1 aliphatic heterocycles. The molecule has 0 unspecified atom stereocenters. The fourth-order valence-electron chi connectivity index (χ4n) is 3.08. The number of hydrogen-bond donors (Lipinski definition) is 3. The summed E-state index contributed by atoms with van der Waals surface area (Å²) in [6, 6.07) is 12.9. The third-order valence-electron chi connectivity index (χ3n) is 4.56. The molecule has 25 heavy (non-hydrogen) atoms. The first-order chi connectivity index (χ1) is 12.0. The van der Waals surface area contributed by atoms with Gasteiger partial charge in [-0.05, 0) is 36.8 Å². The SMILES string of the molecule is Cc1ccc(NC(=O)C[NH+]2CCN(c3ccccc3O)CC2)cc1Cl. The van der Waals surface area contributed by atoms with Gasteiger partial charge in [-0.3, -0.25) is 4.79 Å². The van der Waals surface area contributed by atoms with Crippen molar-refractivity contribution in [3.05, 3.63) is 53.1 Å². The maximum absolute atomic E-state index is 12.3. The van der Waals surface area contributed by atoms with E-state index in [1.807, 2.05) is 37.3 Å². The number of carbonyl (C=O) groups is 1. The first-order valence-electron chi connectivity index (χ1n) is 8.45. The number of quaternary nitrogens is 1. The Morgan fingerprint density at radius 3 is 2.64 bits per heavy atom. The van der Waals surface area contributed by atoms with Crippen molar-refractivity contribution >= 4 is 28.9 Å². The molecule has 132 valence electrons. The van der Waals surface area contributed by atoms with E-state index in [1.165, 1.54) is 4.90 Å². The van der Waals surface area contributed by atoms with Gasteiger partial charge in [0.2, 0.25) is 0 Å². The maximum Gasteiger partial charge on any atom is 0.279 e. The van der Waals surface area contributed by atoms with Crippen LogP contribution in [0.1, 0.15) is 5.56 Å². The summed E-state index contributed by atoms with van der Waals surface area (Å²) in [5, 5.41) is 13.5. The summed E-state index contributed by atoms with van der Waals surface area (Å²) >= 11 is 6.09. The van der Waals surface area contributed by atoms with Crippen LogP contribution in [-0.4, -0.2) is 43.7 Å². The molecular formula is C19H23ClN3O2+. The first kappa shape index (κ1) is 17.6. The number of piperazine rings is 1. The molecule has 2 aromatic rings. The Morgan fingerprint density at radius 2 is 1.96 bits per heavy atom. The summed E-state index contributed by atoms with van der Waals surface area (Å²) in [4.78, 5) is 15.7. The Balaban J connectivity index is 1.51. The summed E-state index contributed by atoms with van der Waals surface area (Å²) < 4.78 is 0. The van der Waals surface area contributed by atoms with Crippen molar-refractivity contribution in [1.82, 2.24) is 0 Å². The van der Waals surface area contributed by atoms with Gasteiger partial charge in [-0.15, -0.1) is 0 Å². The number of amides is 1. The van der Waals surface area contributed by atoms with Crippen molar-refractivity contribution in [2.24, 2.45) is 0 Å². The summed E-state index contributed by atoms with van der Waals surface area (Å²) in [7, 11) is 0. The molecule has 3 N–H and O–H groups in total. The molecule has 6 heteroatoms. The fraction of sp³-hybridized carbons (Fsp3) is 0.316. The van der Waals surface area contributed by atoms with Gasteiger partial charge in [0.05, 0.1) is 31.9 Å². The molecule has 0 aliphatic carbocycles. The van der Waals surface area contributed by atoms with Crippen LogP contribution in [-0.2, 0) is 4.79 Å². The minimum Gasteiger partial charge on any atom is -0.506 e. The number of halogens is 1. The van der Waals surface area contributed by atoms with Gasteiger partial charge < -0.3 is 20.2 Å². The Morgan fingerprint density at radius 1 is 1.24 bits per heavy atom. The predicted molar refractivity (Wildman–Crippen MR) is 101 cm³/mol. The van der Waals surface area contributed by atoms with Crippen LogP contribution in [0.5, 0.6) is 5.75 Å². The number of carbonyl (C=O) groups excluding carboxylic acids is 1. The highest BCUT2D eigenvalue weighted by Crippen LogP contribution is 2.26. The van der Waals surface area contributed by atoms with E-state index in [0.29, 0.717) is 17.3 Å². The number of aromatic hydroxyl groups is 1. The monoisotopic (exact) mass is 360 g/mol. The van der Waals surface area contributed by atoms with Crippen molar-refractivity contribution in [3.8, 4) is 5.75 Å². The summed E-state index contributed by atoms with van der Waals surface area (Å²) in [6.07, 6.45) is 0. The quantitative estimate of drug-likeness (QED) is 0.778. The normalized spacial score (nSPS) is 15.2. The van der Waals surface area contributed by atoms with Crippen molar-refractivity contribution in [2.75, 3.05) is 42.9 Å². The molecule has 0 saturated carbocycles. The molecule has 0 bridgehead atoms. The van der Waals surface area contributed by atoms with Gasteiger partial charge in [-0.1, -0.05) is 29.8 Å². The van der Waals surface area contributed by atoms with Gasteiger partial charge in [0.15, 0.2) is 6.54 Å². The average molecular weight is 361 g/mol. The molecule has 3 rings (SSSR count). The molecule has 0 atom stereocenters. The number of para-hydroxylation sites is 2. The van der Waals surface area contributed by atoms with Crippen LogP contribution in [0.3, 0.4) is 0 Å². The zero-order valence-corrected chi connectivity index (χ0v) is 15.0. The minimum atomic E-state index is -0.00840. The van der Waals surface area contributed by atoms with E-state index in [-0.39, 0.29) is 5.91 Å². The number of nitrogens with one attached hydrogen (secondary N) is 2. The number of benzene rings is 2. The molecule has 1 heterocycles. The van der Waals surface area contributed by atoms with Crippen molar-refractivity contribution < 1.29 is 14.8 Å². The number of anilines is 2. The molecule has 0 aromatic heterocycles. The average Bonchev–Trinajstić information content (AvgIpc) is 2.59. The van der Waals surface area contributed by atoms with Crippen LogP contribution < -0.4 is 15.1 Å². The lowest BCUT2D eigenvalue weighted by atomic mass is 10.2. The third kappa shape index (κ3) is 4.44. The molecule has 2 aromatic carbocycles. The largest absolute Gasteiger partial charge is 0.506 e. The van der Waals surface area contributed by atoms with E-state index in [4.69, 9.17) is 11.6 Å². The van der Waals surface area contributed by atoms with Gasteiger partial charge >= 0.3 is 0 Å². The van der Waals surface area contributed by atoms with Crippen LogP contribution in [0, 0.1) is 6.92 Å². The Labute approximate surface area is 152 Å². The summed E-state index contributed by atoms with van der Waals surface area (Å²) in [5.41, 5.74) is 2.58. The topological polar surface area (TPSA) is 57.0 Å². The Kier molecular flexibility index (Phi) is 5.46. The van der Waals surface area contributed by atoms with Gasteiger partial charge in [0.25, 0.3) is 5.91 Å². The van der Waals surface area contributed by atoms with Crippen LogP contribution >= 0.6 is 11.6 Å². The second-order valence-corrected chi connectivity index (χ2v) is 6.82. The van der Waals surface area contributed by atoms with E-state index in [9.17, 15) is 9.90 Å². The lowest BCUT2D eigenvalue weighted by molar-refractivity contribution is -0.892. The zero-order chi connectivity index (χ0) is 17.8. The number of nitrogens with zero attached hydrogens (tertiary/aromatic N) is 1. The first-order valence-corrected chi connectivity index (χ1v) is 8.83. The van der Waals surface area contributed by atoms with Crippen molar-refractivity contribution in [3.63, 3.8) is 0 Å². The second kappa shape index (κ2) is 7.76. The number of rotatable bonds is 4. The van der Waals surface area contributed by atoms with Gasteiger partial charge in [0.1, 0.15) is 5.75 Å². The van der Waals surface area contributed by atoms with Gasteiger partial charge in [-0.25, -0.2) is 0 Å². The predicted octanol–water partition coefficient (Wildman–Crippen LogP) is 1.70. The van der Waals surface area contributed by atoms with Crippen molar-refractivity contribution in [2.45, 2.75) is 6.92 Å². The number of phenols is 1. The van der Waals surface area contributed by atoms with Crippen LogP contribution in [0.25, 0.3) is 0 Å². The number of aryl methyl sites for hydroxylation is 1. The molecule has 5 nitrogen and oxygen atoms in total. The van der Waals surface area contributed by atoms with Crippen LogP contribution in [0.2, 0.25) is 5.02 Å². The Bertz CT molecular complexity index is 758. The minimum absolute atomic E-state index is 0.00840. The summed E-state index contributed by atoms with van der Waals surface area (Å²) in [5.74, 6) is 0.297. The highest BCUT2D eigenvalue weighted by molar-refractivity contribution is 6.31. The van der Waals surface area contributed by atoms with E-state index < -0.39 is 0 Å². The maximum atomic E-state index is 12.3. The molecule has 1 amide bonds. The molecule has 1 aliphatic rings. The zero-order valence-electron chi connectivity index (χ0n) is 14.3. The molecule has 1 saturated heterocycles. The third-order valence-corrected chi connectivity index (χ3v) is 4.97. The smallest absolute Gasteiger partial charge is 0.279 e. The highest BCUT2D eigenvalue weighted by atomic mass is 35.5. The van der Waals surface area contributed by atoms with E-state index in [0.717, 1.165) is 43.1 Å². The fourth-order valence-corrected chi connectivity index (χ4v) is 3.26. The lowest BCUT2D eigenvalue weighted by Crippen LogP contribution is -3.15. The van der Waals surface area contributed by atoms with E-state index >= 15 is 0 Å². The highest BCUT2D eigenvalue weighted by Gasteiger charge is 2.23. The van der Waals surface area contributed by atoms with Gasteiger partial charge in [-0.2, -0.15) is 0 Å². The van der Waals surface area contributed by atoms with Crippen molar-refractivity contribution in [1.29, 1.82) is 0 Å². The van der Waals surface area contributed by atoms with E-state index in [2.05, 4.69) is 10.2 Å².